The second-order valence-corrected chi connectivity index (χ2v) is 5.88. The molecule has 1 amide bonds. The molecular formula is C14H21ClN4O2S. The van der Waals surface area contributed by atoms with Gasteiger partial charge in [-0.15, -0.1) is 23.7 Å². The highest BCUT2D eigenvalue weighted by Gasteiger charge is 2.15. The maximum atomic E-state index is 11.9. The summed E-state index contributed by atoms with van der Waals surface area (Å²) >= 11 is 1.57. The maximum Gasteiger partial charge on any atom is 0.226 e. The molecule has 22 heavy (non-hydrogen) atoms. The van der Waals surface area contributed by atoms with Crippen molar-refractivity contribution < 1.29 is 9.32 Å². The Morgan fingerprint density at radius 3 is 2.95 bits per heavy atom. The summed E-state index contributed by atoms with van der Waals surface area (Å²) in [4.78, 5) is 18.9. The zero-order chi connectivity index (χ0) is 15.2. The molecule has 0 spiro atoms. The second-order valence-electron chi connectivity index (χ2n) is 4.93. The van der Waals surface area contributed by atoms with Gasteiger partial charge in [0.15, 0.2) is 0 Å². The van der Waals surface area contributed by atoms with Crippen molar-refractivity contribution in [2.45, 2.75) is 32.2 Å². The number of carbonyl (C=O) groups excluding carboxylic acids is 1. The summed E-state index contributed by atoms with van der Waals surface area (Å²) in [6.07, 6.45) is 1.75. The molecule has 1 unspecified atom stereocenters. The molecule has 2 N–H and O–H groups in total. The van der Waals surface area contributed by atoms with E-state index in [9.17, 15) is 4.79 Å². The van der Waals surface area contributed by atoms with Crippen LogP contribution in [0.2, 0.25) is 0 Å². The molecule has 8 heteroatoms. The molecule has 0 aromatic carbocycles. The molecule has 2 aromatic rings. The van der Waals surface area contributed by atoms with Crippen LogP contribution in [-0.2, 0) is 11.2 Å². The van der Waals surface area contributed by atoms with Gasteiger partial charge in [0.05, 0.1) is 4.88 Å². The van der Waals surface area contributed by atoms with Crippen molar-refractivity contribution >= 4 is 29.7 Å². The Morgan fingerprint density at radius 1 is 1.55 bits per heavy atom. The summed E-state index contributed by atoms with van der Waals surface area (Å²) < 4.78 is 5.20. The van der Waals surface area contributed by atoms with Gasteiger partial charge >= 0.3 is 0 Å². The van der Waals surface area contributed by atoms with E-state index in [1.54, 1.807) is 23.3 Å². The molecule has 0 bridgehead atoms. The topological polar surface area (TPSA) is 85.2 Å². The summed E-state index contributed by atoms with van der Waals surface area (Å²) in [7, 11) is 1.78. The van der Waals surface area contributed by atoms with E-state index < -0.39 is 0 Å². The van der Waals surface area contributed by atoms with Crippen LogP contribution in [-0.4, -0.2) is 40.6 Å². The summed E-state index contributed by atoms with van der Waals surface area (Å²) in [5, 5.41) is 5.92. The Labute approximate surface area is 140 Å². The number of nitrogens with two attached hydrogens (primary N) is 1. The van der Waals surface area contributed by atoms with E-state index in [-0.39, 0.29) is 24.4 Å². The summed E-state index contributed by atoms with van der Waals surface area (Å²) in [5.74, 6) is 1.27. The first-order valence-corrected chi connectivity index (χ1v) is 7.82. The van der Waals surface area contributed by atoms with E-state index in [4.69, 9.17) is 10.3 Å². The zero-order valence-electron chi connectivity index (χ0n) is 12.7. The van der Waals surface area contributed by atoms with Crippen LogP contribution in [0, 0.1) is 0 Å². The first kappa shape index (κ1) is 18.6. The van der Waals surface area contributed by atoms with Gasteiger partial charge < -0.3 is 15.2 Å². The highest BCUT2D eigenvalue weighted by atomic mass is 35.5. The van der Waals surface area contributed by atoms with Crippen LogP contribution < -0.4 is 5.73 Å². The fraction of sp³-hybridized carbons (Fsp3) is 0.500. The van der Waals surface area contributed by atoms with Crippen molar-refractivity contribution in [3.05, 3.63) is 23.4 Å². The zero-order valence-corrected chi connectivity index (χ0v) is 14.3. The molecule has 0 aliphatic heterocycles. The van der Waals surface area contributed by atoms with E-state index in [1.807, 2.05) is 24.4 Å². The number of hydrogen-bond acceptors (Lipinski definition) is 6. The van der Waals surface area contributed by atoms with Gasteiger partial charge in [0.1, 0.15) is 0 Å². The van der Waals surface area contributed by atoms with Crippen molar-refractivity contribution in [3.63, 3.8) is 0 Å². The molecule has 122 valence electrons. The van der Waals surface area contributed by atoms with E-state index >= 15 is 0 Å². The van der Waals surface area contributed by atoms with Crippen LogP contribution in [0.25, 0.3) is 10.7 Å². The average Bonchev–Trinajstić information content (AvgIpc) is 3.16. The van der Waals surface area contributed by atoms with Crippen molar-refractivity contribution in [3.8, 4) is 10.7 Å². The molecule has 1 atom stereocenters. The SMILES string of the molecule is CC(CN)N(C)C(=O)CCCc1nc(-c2cccs2)no1.Cl. The third-order valence-electron chi connectivity index (χ3n) is 3.39. The lowest BCUT2D eigenvalue weighted by molar-refractivity contribution is -0.131. The third-order valence-corrected chi connectivity index (χ3v) is 4.25. The summed E-state index contributed by atoms with van der Waals surface area (Å²) in [6.45, 7) is 2.40. The van der Waals surface area contributed by atoms with Gasteiger partial charge in [0.2, 0.25) is 17.6 Å². The number of carbonyl (C=O) groups is 1. The lowest BCUT2D eigenvalue weighted by Gasteiger charge is -2.23. The predicted octanol–water partition coefficient (Wildman–Crippen LogP) is 2.35. The van der Waals surface area contributed by atoms with Crippen LogP contribution in [0.3, 0.4) is 0 Å². The van der Waals surface area contributed by atoms with Crippen LogP contribution in [0.4, 0.5) is 0 Å². The second kappa shape index (κ2) is 8.87. The van der Waals surface area contributed by atoms with E-state index in [2.05, 4.69) is 10.1 Å². The number of aromatic nitrogens is 2. The molecule has 0 fully saturated rings. The van der Waals surface area contributed by atoms with Crippen molar-refractivity contribution in [1.82, 2.24) is 15.0 Å². The van der Waals surface area contributed by atoms with Gasteiger partial charge in [-0.05, 0) is 24.8 Å². The molecule has 0 saturated heterocycles. The molecule has 2 heterocycles. The fourth-order valence-corrected chi connectivity index (χ4v) is 2.48. The Morgan fingerprint density at radius 2 is 2.32 bits per heavy atom. The lowest BCUT2D eigenvalue weighted by atomic mass is 10.2. The number of aryl methyl sites for hydroxylation is 1. The quantitative estimate of drug-likeness (QED) is 0.833. The van der Waals surface area contributed by atoms with Gasteiger partial charge in [0.25, 0.3) is 0 Å². The van der Waals surface area contributed by atoms with E-state index in [1.165, 1.54) is 0 Å². The molecule has 6 nitrogen and oxygen atoms in total. The summed E-state index contributed by atoms with van der Waals surface area (Å²) in [6, 6.07) is 3.96. The number of thiophene rings is 1. The molecular weight excluding hydrogens is 324 g/mol. The number of amides is 1. The molecule has 2 aromatic heterocycles. The minimum absolute atomic E-state index is 0. The maximum absolute atomic E-state index is 11.9. The van der Waals surface area contributed by atoms with Crippen molar-refractivity contribution in [2.24, 2.45) is 5.73 Å². The normalized spacial score (nSPS) is 11.8. The fourth-order valence-electron chi connectivity index (χ4n) is 1.83. The molecule has 0 saturated carbocycles. The highest BCUT2D eigenvalue weighted by molar-refractivity contribution is 7.13. The molecule has 0 aliphatic rings. The number of hydrogen-bond donors (Lipinski definition) is 1. The molecule has 2 rings (SSSR count). The Kier molecular flexibility index (Phi) is 7.50. The molecule has 0 radical (unpaired) electrons. The van der Waals surface area contributed by atoms with Gasteiger partial charge in [-0.2, -0.15) is 4.98 Å². The predicted molar refractivity (Wildman–Crippen MR) is 89.1 cm³/mol. The Bertz CT molecular complexity index is 573. The van der Waals surface area contributed by atoms with Gasteiger partial charge in [-0.3, -0.25) is 4.79 Å². The third kappa shape index (κ3) is 4.79. The number of rotatable bonds is 7. The first-order valence-electron chi connectivity index (χ1n) is 6.94. The molecule has 0 aliphatic carbocycles. The van der Waals surface area contributed by atoms with Crippen LogP contribution in [0.5, 0.6) is 0 Å². The first-order chi connectivity index (χ1) is 10.1. The largest absolute Gasteiger partial charge is 0.342 e. The van der Waals surface area contributed by atoms with Gasteiger partial charge in [0, 0.05) is 32.5 Å². The number of nitrogens with zero attached hydrogens (tertiary/aromatic N) is 3. The van der Waals surface area contributed by atoms with Crippen molar-refractivity contribution in [1.29, 1.82) is 0 Å². The smallest absolute Gasteiger partial charge is 0.226 e. The van der Waals surface area contributed by atoms with Crippen LogP contribution in [0.1, 0.15) is 25.7 Å². The van der Waals surface area contributed by atoms with Crippen molar-refractivity contribution in [2.75, 3.05) is 13.6 Å². The standard InChI is InChI=1S/C14H20N4O2S.ClH/c1-10(9-15)18(2)13(19)7-3-6-12-16-14(17-20-12)11-5-4-8-21-11;/h4-5,8,10H,3,6-7,9,15H2,1-2H3;1H. The van der Waals surface area contributed by atoms with E-state index in [0.29, 0.717) is 37.5 Å². The Balaban J connectivity index is 0.00000242. The highest BCUT2D eigenvalue weighted by Crippen LogP contribution is 2.21. The van der Waals surface area contributed by atoms with Gasteiger partial charge in [-0.1, -0.05) is 11.2 Å². The number of likely N-dealkylation sites (N-methyl/N-ethyl adjacent to an activating group) is 1. The van der Waals surface area contributed by atoms with Crippen LogP contribution in [0.15, 0.2) is 22.0 Å². The van der Waals surface area contributed by atoms with Gasteiger partial charge in [-0.25, -0.2) is 0 Å². The average molecular weight is 345 g/mol. The van der Waals surface area contributed by atoms with E-state index in [0.717, 1.165) is 4.88 Å². The minimum Gasteiger partial charge on any atom is -0.342 e. The van der Waals surface area contributed by atoms with Crippen LogP contribution >= 0.6 is 23.7 Å². The minimum atomic E-state index is 0. The Hall–Kier alpha value is -1.44. The number of halogens is 1. The summed E-state index contributed by atoms with van der Waals surface area (Å²) in [5.41, 5.74) is 5.55. The monoisotopic (exact) mass is 344 g/mol. The lowest BCUT2D eigenvalue weighted by Crippen LogP contribution is -2.39.